The highest BCUT2D eigenvalue weighted by Gasteiger charge is 2.13. The summed E-state index contributed by atoms with van der Waals surface area (Å²) < 4.78 is 3.61. The van der Waals surface area contributed by atoms with Gasteiger partial charge in [0, 0.05) is 24.4 Å². The number of rotatable bonds is 7. The molecule has 0 aliphatic rings. The van der Waals surface area contributed by atoms with E-state index in [4.69, 9.17) is 4.98 Å². The Bertz CT molecular complexity index is 761. The maximum absolute atomic E-state index is 9.30. The van der Waals surface area contributed by atoms with Gasteiger partial charge in [0.05, 0.1) is 18.8 Å². The van der Waals surface area contributed by atoms with Crippen LogP contribution in [-0.4, -0.2) is 36.3 Å². The topological polar surface area (TPSA) is 68.8 Å². The highest BCUT2D eigenvalue weighted by atomic mass is 16.3. The van der Waals surface area contributed by atoms with E-state index >= 15 is 0 Å². The smallest absolute Gasteiger partial charge is 0.158 e. The van der Waals surface area contributed by atoms with Gasteiger partial charge in [-0.15, -0.1) is 0 Å². The molecule has 2 aromatic heterocycles. The van der Waals surface area contributed by atoms with Crippen LogP contribution in [0.3, 0.4) is 0 Å². The molecule has 2 heterocycles. The molecule has 0 aliphatic carbocycles. The first-order chi connectivity index (χ1) is 11.7. The van der Waals surface area contributed by atoms with Crippen LogP contribution in [0, 0.1) is 5.92 Å². The molecule has 0 fully saturated rings. The first-order valence-corrected chi connectivity index (χ1v) is 8.36. The summed E-state index contributed by atoms with van der Waals surface area (Å²) in [5, 5.41) is 18.1. The van der Waals surface area contributed by atoms with Crippen molar-refractivity contribution in [1.29, 1.82) is 0 Å². The van der Waals surface area contributed by atoms with Gasteiger partial charge < -0.3 is 5.11 Å². The predicted molar refractivity (Wildman–Crippen MR) is 92.8 cm³/mol. The van der Waals surface area contributed by atoms with Crippen molar-refractivity contribution < 1.29 is 5.11 Å². The average Bonchev–Trinajstić information content (AvgIpc) is 3.25. The SMILES string of the molecule is CCC(C)Cc1nc(-c2ccc(-n3cccn3)cc2)n(CCO)n1. The van der Waals surface area contributed by atoms with E-state index in [0.717, 1.165) is 35.7 Å². The quantitative estimate of drug-likeness (QED) is 0.725. The Morgan fingerprint density at radius 1 is 1.21 bits per heavy atom. The largest absolute Gasteiger partial charge is 0.394 e. The van der Waals surface area contributed by atoms with Gasteiger partial charge in [-0.1, -0.05) is 20.3 Å². The van der Waals surface area contributed by atoms with Crippen LogP contribution in [0.2, 0.25) is 0 Å². The van der Waals surface area contributed by atoms with Crippen molar-refractivity contribution in [3.05, 3.63) is 48.5 Å². The van der Waals surface area contributed by atoms with E-state index in [1.54, 1.807) is 10.9 Å². The summed E-state index contributed by atoms with van der Waals surface area (Å²) in [4.78, 5) is 4.70. The van der Waals surface area contributed by atoms with Crippen LogP contribution in [0.1, 0.15) is 26.1 Å². The van der Waals surface area contributed by atoms with E-state index in [-0.39, 0.29) is 6.61 Å². The predicted octanol–water partition coefficient (Wildman–Crippen LogP) is 2.71. The fourth-order valence-corrected chi connectivity index (χ4v) is 2.58. The normalized spacial score (nSPS) is 12.5. The Balaban J connectivity index is 1.89. The van der Waals surface area contributed by atoms with E-state index in [9.17, 15) is 5.11 Å². The maximum atomic E-state index is 9.30. The zero-order chi connectivity index (χ0) is 16.9. The molecular weight excluding hydrogens is 302 g/mol. The van der Waals surface area contributed by atoms with Gasteiger partial charge in [0.1, 0.15) is 0 Å². The second kappa shape index (κ2) is 7.40. The minimum atomic E-state index is 0.0461. The molecule has 0 spiro atoms. The molecule has 1 atom stereocenters. The highest BCUT2D eigenvalue weighted by Crippen LogP contribution is 2.21. The zero-order valence-electron chi connectivity index (χ0n) is 14.1. The van der Waals surface area contributed by atoms with Gasteiger partial charge in [-0.3, -0.25) is 0 Å². The molecule has 0 bridgehead atoms. The van der Waals surface area contributed by atoms with Crippen molar-refractivity contribution in [3.8, 4) is 17.1 Å². The Morgan fingerprint density at radius 3 is 2.62 bits per heavy atom. The average molecular weight is 325 g/mol. The molecule has 0 aliphatic heterocycles. The summed E-state index contributed by atoms with van der Waals surface area (Å²) in [6.45, 7) is 4.86. The number of aromatic nitrogens is 5. The van der Waals surface area contributed by atoms with Crippen LogP contribution < -0.4 is 0 Å². The first kappa shape index (κ1) is 16.4. The van der Waals surface area contributed by atoms with Gasteiger partial charge in [0.15, 0.2) is 11.6 Å². The fourth-order valence-electron chi connectivity index (χ4n) is 2.58. The first-order valence-electron chi connectivity index (χ1n) is 8.36. The molecule has 3 aromatic rings. The summed E-state index contributed by atoms with van der Waals surface area (Å²) in [5.74, 6) is 2.18. The molecule has 6 heteroatoms. The molecule has 126 valence electrons. The lowest BCUT2D eigenvalue weighted by Crippen LogP contribution is -2.07. The van der Waals surface area contributed by atoms with E-state index in [0.29, 0.717) is 12.5 Å². The summed E-state index contributed by atoms with van der Waals surface area (Å²) in [6.07, 6.45) is 5.62. The lowest BCUT2D eigenvalue weighted by molar-refractivity contribution is 0.269. The molecule has 6 nitrogen and oxygen atoms in total. The summed E-state index contributed by atoms with van der Waals surface area (Å²) >= 11 is 0. The molecule has 1 N–H and O–H groups in total. The van der Waals surface area contributed by atoms with Crippen molar-refractivity contribution in [3.63, 3.8) is 0 Å². The van der Waals surface area contributed by atoms with Crippen molar-refractivity contribution in [1.82, 2.24) is 24.5 Å². The number of benzene rings is 1. The molecule has 0 radical (unpaired) electrons. The Morgan fingerprint density at radius 2 is 2.00 bits per heavy atom. The van der Waals surface area contributed by atoms with E-state index in [1.807, 2.05) is 41.2 Å². The summed E-state index contributed by atoms with van der Waals surface area (Å²) in [6, 6.07) is 9.94. The van der Waals surface area contributed by atoms with Crippen LogP contribution in [0.15, 0.2) is 42.7 Å². The van der Waals surface area contributed by atoms with Crippen LogP contribution in [0.5, 0.6) is 0 Å². The molecule has 1 aromatic carbocycles. The molecule has 3 rings (SSSR count). The highest BCUT2D eigenvalue weighted by molar-refractivity contribution is 5.57. The van der Waals surface area contributed by atoms with E-state index in [2.05, 4.69) is 24.0 Å². The fraction of sp³-hybridized carbons (Fsp3) is 0.389. The van der Waals surface area contributed by atoms with E-state index in [1.165, 1.54) is 0 Å². The van der Waals surface area contributed by atoms with Gasteiger partial charge >= 0.3 is 0 Å². The summed E-state index contributed by atoms with van der Waals surface area (Å²) in [5.41, 5.74) is 1.99. The lowest BCUT2D eigenvalue weighted by atomic mass is 10.1. The molecular formula is C18H23N5O. The molecule has 0 saturated heterocycles. The molecule has 0 amide bonds. The van der Waals surface area contributed by atoms with E-state index < -0.39 is 0 Å². The van der Waals surface area contributed by atoms with Gasteiger partial charge in [-0.05, 0) is 36.2 Å². The van der Waals surface area contributed by atoms with Gasteiger partial charge in [-0.2, -0.15) is 10.2 Å². The van der Waals surface area contributed by atoms with Crippen molar-refractivity contribution >= 4 is 0 Å². The second-order valence-corrected chi connectivity index (χ2v) is 6.01. The number of hydrogen-bond donors (Lipinski definition) is 1. The van der Waals surface area contributed by atoms with Gasteiger partial charge in [0.2, 0.25) is 0 Å². The van der Waals surface area contributed by atoms with Gasteiger partial charge in [0.25, 0.3) is 0 Å². The lowest BCUT2D eigenvalue weighted by Gasteiger charge is -2.05. The monoisotopic (exact) mass is 325 g/mol. The van der Waals surface area contributed by atoms with Crippen molar-refractivity contribution in [2.45, 2.75) is 33.2 Å². The number of aliphatic hydroxyl groups excluding tert-OH is 1. The van der Waals surface area contributed by atoms with Crippen molar-refractivity contribution in [2.24, 2.45) is 5.92 Å². The summed E-state index contributed by atoms with van der Waals surface area (Å²) in [7, 11) is 0. The van der Waals surface area contributed by atoms with Crippen LogP contribution >= 0.6 is 0 Å². The zero-order valence-corrected chi connectivity index (χ0v) is 14.1. The number of nitrogens with zero attached hydrogens (tertiary/aromatic N) is 5. The van der Waals surface area contributed by atoms with Gasteiger partial charge in [-0.25, -0.2) is 14.3 Å². The Kier molecular flexibility index (Phi) is 5.05. The van der Waals surface area contributed by atoms with Crippen LogP contribution in [-0.2, 0) is 13.0 Å². The molecule has 24 heavy (non-hydrogen) atoms. The number of aliphatic hydroxyl groups is 1. The number of hydrogen-bond acceptors (Lipinski definition) is 4. The van der Waals surface area contributed by atoms with Crippen molar-refractivity contribution in [2.75, 3.05) is 6.61 Å². The Labute approximate surface area is 141 Å². The second-order valence-electron chi connectivity index (χ2n) is 6.01. The minimum absolute atomic E-state index is 0.0461. The third kappa shape index (κ3) is 3.54. The standard InChI is InChI=1S/C18H23N5O/c1-3-14(2)13-17-20-18(23(21-17)11-12-24)15-5-7-16(8-6-15)22-10-4-9-19-22/h4-10,14,24H,3,11-13H2,1-2H3. The maximum Gasteiger partial charge on any atom is 0.158 e. The third-order valence-corrected chi connectivity index (χ3v) is 4.15. The molecule has 0 saturated carbocycles. The molecule has 1 unspecified atom stereocenters. The minimum Gasteiger partial charge on any atom is -0.394 e. The van der Waals surface area contributed by atoms with Crippen LogP contribution in [0.4, 0.5) is 0 Å². The Hall–Kier alpha value is -2.47. The van der Waals surface area contributed by atoms with Crippen LogP contribution in [0.25, 0.3) is 17.1 Å². The third-order valence-electron chi connectivity index (χ3n) is 4.15.